The van der Waals surface area contributed by atoms with Gasteiger partial charge in [0.2, 0.25) is 0 Å². The van der Waals surface area contributed by atoms with Gasteiger partial charge in [-0.2, -0.15) is 0 Å². The molecule has 0 unspecified atom stereocenters. The van der Waals surface area contributed by atoms with Gasteiger partial charge in [-0.15, -0.1) is 0 Å². The van der Waals surface area contributed by atoms with Gasteiger partial charge >= 0.3 is 0 Å². The first-order chi connectivity index (χ1) is 22.4. The summed E-state index contributed by atoms with van der Waals surface area (Å²) in [5, 5.41) is 0. The highest BCUT2D eigenvalue weighted by molar-refractivity contribution is 14.1. The SMILES string of the molecule is COc1ccccc1N1CCN(C(=O)c2cccc(I)c2)CC1.COc1ccccc1N1CCN(C(=O)c2cccc(I)c2)CC1. The summed E-state index contributed by atoms with van der Waals surface area (Å²) in [6.07, 6.45) is 0. The lowest BCUT2D eigenvalue weighted by Crippen LogP contribution is -2.48. The van der Waals surface area contributed by atoms with Crippen molar-refractivity contribution in [3.8, 4) is 11.5 Å². The lowest BCUT2D eigenvalue weighted by Gasteiger charge is -2.36. The second-order valence-corrected chi connectivity index (χ2v) is 13.4. The molecule has 0 spiro atoms. The Morgan fingerprint density at radius 3 is 1.24 bits per heavy atom. The molecule has 8 nitrogen and oxygen atoms in total. The Labute approximate surface area is 298 Å². The number of nitrogens with zero attached hydrogens (tertiary/aromatic N) is 4. The van der Waals surface area contributed by atoms with Crippen LogP contribution in [-0.2, 0) is 0 Å². The molecule has 2 fully saturated rings. The summed E-state index contributed by atoms with van der Waals surface area (Å²) in [7, 11) is 3.38. The van der Waals surface area contributed by atoms with Crippen molar-refractivity contribution < 1.29 is 19.1 Å². The number of rotatable bonds is 6. The number of carbonyl (C=O) groups excluding carboxylic acids is 2. The highest BCUT2D eigenvalue weighted by Gasteiger charge is 2.25. The first kappa shape index (κ1) is 33.8. The summed E-state index contributed by atoms with van der Waals surface area (Å²) in [5.41, 5.74) is 3.72. The molecule has 2 aliphatic heterocycles. The minimum atomic E-state index is 0.114. The summed E-state index contributed by atoms with van der Waals surface area (Å²) in [6, 6.07) is 31.6. The monoisotopic (exact) mass is 844 g/mol. The average molecular weight is 845 g/mol. The molecule has 2 heterocycles. The van der Waals surface area contributed by atoms with Crippen LogP contribution in [0, 0.1) is 7.14 Å². The summed E-state index contributed by atoms with van der Waals surface area (Å²) >= 11 is 4.47. The number of benzene rings is 4. The zero-order valence-corrected chi connectivity index (χ0v) is 30.4. The fourth-order valence-electron chi connectivity index (χ4n) is 5.69. The van der Waals surface area contributed by atoms with Gasteiger partial charge in [0, 0.05) is 70.6 Å². The van der Waals surface area contributed by atoms with Crippen molar-refractivity contribution in [2.24, 2.45) is 0 Å². The predicted molar refractivity (Wildman–Crippen MR) is 201 cm³/mol. The largest absolute Gasteiger partial charge is 0.495 e. The molecule has 4 aromatic rings. The van der Waals surface area contributed by atoms with E-state index in [1.807, 2.05) is 94.7 Å². The van der Waals surface area contributed by atoms with Crippen molar-refractivity contribution in [3.63, 3.8) is 0 Å². The number of ether oxygens (including phenoxy) is 2. The fraction of sp³-hybridized carbons (Fsp3) is 0.278. The molecule has 6 rings (SSSR count). The molecule has 0 radical (unpaired) electrons. The predicted octanol–water partition coefficient (Wildman–Crippen LogP) is 6.52. The molecule has 10 heteroatoms. The minimum absolute atomic E-state index is 0.114. The standard InChI is InChI=1S/2C18H19IN2O2/c2*1-23-17-8-3-2-7-16(17)20-9-11-21(12-10-20)18(22)14-5-4-6-15(19)13-14/h2*2-8,13H,9-12H2,1H3. The zero-order valence-electron chi connectivity index (χ0n) is 26.1. The molecule has 2 saturated heterocycles. The summed E-state index contributed by atoms with van der Waals surface area (Å²) in [6.45, 7) is 6.16. The number of anilines is 2. The van der Waals surface area contributed by atoms with Gasteiger partial charge < -0.3 is 29.1 Å². The van der Waals surface area contributed by atoms with Crippen LogP contribution in [0.5, 0.6) is 11.5 Å². The maximum absolute atomic E-state index is 12.6. The fourth-order valence-corrected chi connectivity index (χ4v) is 6.78. The molecular formula is C36H38I2N4O4. The van der Waals surface area contributed by atoms with Crippen LogP contribution in [-0.4, -0.2) is 88.2 Å². The highest BCUT2D eigenvalue weighted by atomic mass is 127. The van der Waals surface area contributed by atoms with E-state index >= 15 is 0 Å². The summed E-state index contributed by atoms with van der Waals surface area (Å²) in [4.78, 5) is 33.6. The topological polar surface area (TPSA) is 65.6 Å². The molecular weight excluding hydrogens is 806 g/mol. The molecule has 0 aliphatic carbocycles. The van der Waals surface area contributed by atoms with Crippen LogP contribution in [0.25, 0.3) is 0 Å². The van der Waals surface area contributed by atoms with Gasteiger partial charge in [-0.25, -0.2) is 0 Å². The van der Waals surface area contributed by atoms with E-state index in [-0.39, 0.29) is 11.8 Å². The molecule has 46 heavy (non-hydrogen) atoms. The number of hydrogen-bond acceptors (Lipinski definition) is 6. The highest BCUT2D eigenvalue weighted by Crippen LogP contribution is 2.30. The quantitative estimate of drug-likeness (QED) is 0.206. The van der Waals surface area contributed by atoms with Gasteiger partial charge in [-0.1, -0.05) is 36.4 Å². The smallest absolute Gasteiger partial charge is 0.254 e. The molecule has 0 bridgehead atoms. The number of hydrogen-bond donors (Lipinski definition) is 0. The van der Waals surface area contributed by atoms with E-state index in [1.54, 1.807) is 14.2 Å². The van der Waals surface area contributed by atoms with Crippen molar-refractivity contribution in [1.29, 1.82) is 0 Å². The van der Waals surface area contributed by atoms with Gasteiger partial charge in [0.05, 0.1) is 25.6 Å². The van der Waals surface area contributed by atoms with Crippen molar-refractivity contribution in [1.82, 2.24) is 9.80 Å². The lowest BCUT2D eigenvalue weighted by molar-refractivity contribution is 0.0739. The van der Waals surface area contributed by atoms with Crippen molar-refractivity contribution in [2.45, 2.75) is 0 Å². The molecule has 0 aromatic heterocycles. The number of methoxy groups -OCH3 is 2. The van der Waals surface area contributed by atoms with Crippen LogP contribution in [0.15, 0.2) is 97.1 Å². The third-order valence-corrected chi connectivity index (χ3v) is 9.47. The van der Waals surface area contributed by atoms with Crippen LogP contribution in [0.1, 0.15) is 20.7 Å². The van der Waals surface area contributed by atoms with Crippen LogP contribution in [0.3, 0.4) is 0 Å². The van der Waals surface area contributed by atoms with Crippen molar-refractivity contribution in [3.05, 3.63) is 115 Å². The molecule has 4 aromatic carbocycles. The average Bonchev–Trinajstić information content (AvgIpc) is 3.11. The van der Waals surface area contributed by atoms with Gasteiger partial charge in [0.1, 0.15) is 11.5 Å². The van der Waals surface area contributed by atoms with E-state index in [0.717, 1.165) is 93.5 Å². The third kappa shape index (κ3) is 8.44. The lowest BCUT2D eigenvalue weighted by atomic mass is 10.1. The van der Waals surface area contributed by atoms with E-state index < -0.39 is 0 Å². The third-order valence-electron chi connectivity index (χ3n) is 8.13. The number of carbonyl (C=O) groups is 2. The zero-order chi connectivity index (χ0) is 32.5. The molecule has 2 aliphatic rings. The maximum Gasteiger partial charge on any atom is 0.254 e. The Hall–Kier alpha value is -3.52. The molecule has 0 N–H and O–H groups in total. The van der Waals surface area contributed by atoms with Gasteiger partial charge in [-0.3, -0.25) is 9.59 Å². The van der Waals surface area contributed by atoms with E-state index in [9.17, 15) is 9.59 Å². The number of para-hydroxylation sites is 4. The second-order valence-electron chi connectivity index (χ2n) is 10.9. The Bertz CT molecular complexity index is 1510. The first-order valence-electron chi connectivity index (χ1n) is 15.2. The van der Waals surface area contributed by atoms with Crippen LogP contribution in [0.2, 0.25) is 0 Å². The van der Waals surface area contributed by atoms with E-state index in [4.69, 9.17) is 9.47 Å². The summed E-state index contributed by atoms with van der Waals surface area (Å²) in [5.74, 6) is 1.99. The van der Waals surface area contributed by atoms with Crippen molar-refractivity contribution in [2.75, 3.05) is 76.4 Å². The normalized spacial score (nSPS) is 14.7. The molecule has 0 atom stereocenters. The van der Waals surface area contributed by atoms with E-state index in [2.05, 4.69) is 67.1 Å². The molecule has 240 valence electrons. The molecule has 0 saturated carbocycles. The first-order valence-corrected chi connectivity index (χ1v) is 17.4. The maximum atomic E-state index is 12.6. The Balaban J connectivity index is 0.000000181. The van der Waals surface area contributed by atoms with Crippen molar-refractivity contribution >= 4 is 68.4 Å². The van der Waals surface area contributed by atoms with Crippen LogP contribution < -0.4 is 19.3 Å². The van der Waals surface area contributed by atoms with Gasteiger partial charge in [0.15, 0.2) is 0 Å². The number of amides is 2. The van der Waals surface area contributed by atoms with Gasteiger partial charge in [0.25, 0.3) is 11.8 Å². The van der Waals surface area contributed by atoms with Gasteiger partial charge in [-0.05, 0) is 106 Å². The minimum Gasteiger partial charge on any atom is -0.495 e. The van der Waals surface area contributed by atoms with E-state index in [0.29, 0.717) is 0 Å². The second kappa shape index (κ2) is 16.3. The molecule has 2 amide bonds. The Kier molecular flexibility index (Phi) is 12.0. The van der Waals surface area contributed by atoms with E-state index in [1.165, 1.54) is 0 Å². The summed E-state index contributed by atoms with van der Waals surface area (Å²) < 4.78 is 13.0. The Morgan fingerprint density at radius 2 is 0.891 bits per heavy atom. The number of halogens is 2. The number of piperazine rings is 2. The van der Waals surface area contributed by atoms with Crippen LogP contribution in [0.4, 0.5) is 11.4 Å². The Morgan fingerprint density at radius 1 is 0.522 bits per heavy atom. The van der Waals surface area contributed by atoms with Crippen LogP contribution >= 0.6 is 45.2 Å².